The number of hydrogen-bond acceptors (Lipinski definition) is 3. The number of aryl methyl sites for hydroxylation is 1. The minimum Gasteiger partial charge on any atom is -0.385 e. The molecule has 0 aliphatic carbocycles. The fourth-order valence-electron chi connectivity index (χ4n) is 2.09. The van der Waals surface area contributed by atoms with Crippen molar-refractivity contribution in [2.75, 3.05) is 6.54 Å². The van der Waals surface area contributed by atoms with Crippen LogP contribution in [0.2, 0.25) is 0 Å². The van der Waals surface area contributed by atoms with E-state index < -0.39 is 6.10 Å². The van der Waals surface area contributed by atoms with Crippen LogP contribution >= 0.6 is 15.9 Å². The van der Waals surface area contributed by atoms with Crippen LogP contribution < -0.4 is 5.32 Å². The topological polar surface area (TPSA) is 50.1 Å². The number of hydrogen-bond donors (Lipinski definition) is 2. The fraction of sp³-hybridized carbons (Fsp3) is 0.700. The van der Waals surface area contributed by atoms with E-state index in [-0.39, 0.29) is 6.04 Å². The Hall–Kier alpha value is -0.390. The molecule has 0 aromatic carbocycles. The van der Waals surface area contributed by atoms with Crippen LogP contribution in [0.25, 0.3) is 0 Å². The van der Waals surface area contributed by atoms with Gasteiger partial charge < -0.3 is 10.4 Å². The van der Waals surface area contributed by atoms with Crippen LogP contribution in [0.5, 0.6) is 0 Å². The molecule has 1 aliphatic rings. The largest absolute Gasteiger partial charge is 0.385 e. The molecule has 2 rings (SSSR count). The van der Waals surface area contributed by atoms with Crippen molar-refractivity contribution in [1.29, 1.82) is 0 Å². The monoisotopic (exact) mass is 273 g/mol. The van der Waals surface area contributed by atoms with Crippen molar-refractivity contribution in [2.24, 2.45) is 0 Å². The van der Waals surface area contributed by atoms with Crippen molar-refractivity contribution >= 4 is 15.9 Å². The van der Waals surface area contributed by atoms with Crippen molar-refractivity contribution in [3.8, 4) is 0 Å². The Bertz CT molecular complexity index is 333. The smallest absolute Gasteiger partial charge is 0.112 e. The summed E-state index contributed by atoms with van der Waals surface area (Å²) in [5.41, 5.74) is 0.886. The lowest BCUT2D eigenvalue weighted by Gasteiger charge is -2.19. The van der Waals surface area contributed by atoms with Crippen LogP contribution in [0.1, 0.15) is 31.6 Å². The molecule has 5 heteroatoms. The second kappa shape index (κ2) is 4.63. The average Bonchev–Trinajstić information content (AvgIpc) is 2.85. The van der Waals surface area contributed by atoms with Gasteiger partial charge in [0.2, 0.25) is 0 Å². The molecule has 0 amide bonds. The third-order valence-corrected chi connectivity index (χ3v) is 3.50. The first-order chi connectivity index (χ1) is 7.24. The number of halogens is 1. The lowest BCUT2D eigenvalue weighted by Crippen LogP contribution is -2.30. The first kappa shape index (κ1) is 11.1. The standard InChI is InChI=1S/C10H16BrN3O/c1-2-14-9(7(11)6-13-14)10(15)8-4-3-5-12-8/h6,8,10,12,15H,2-5H2,1H3. The Balaban J connectivity index is 2.22. The van der Waals surface area contributed by atoms with Crippen molar-refractivity contribution < 1.29 is 5.11 Å². The van der Waals surface area contributed by atoms with Crippen LogP contribution in [0, 0.1) is 0 Å². The molecule has 2 unspecified atom stereocenters. The Kier molecular flexibility index (Phi) is 3.43. The van der Waals surface area contributed by atoms with Gasteiger partial charge in [0.05, 0.1) is 16.4 Å². The number of nitrogens with one attached hydrogen (secondary N) is 1. The van der Waals surface area contributed by atoms with Gasteiger partial charge in [-0.3, -0.25) is 4.68 Å². The van der Waals surface area contributed by atoms with E-state index in [4.69, 9.17) is 0 Å². The first-order valence-electron chi connectivity index (χ1n) is 5.36. The van der Waals surface area contributed by atoms with Gasteiger partial charge in [0.1, 0.15) is 6.10 Å². The highest BCUT2D eigenvalue weighted by Gasteiger charge is 2.28. The summed E-state index contributed by atoms with van der Waals surface area (Å²) in [6.45, 7) is 3.81. The number of aromatic nitrogens is 2. The quantitative estimate of drug-likeness (QED) is 0.877. The van der Waals surface area contributed by atoms with E-state index in [2.05, 4.69) is 26.3 Å². The molecule has 2 atom stereocenters. The van der Waals surface area contributed by atoms with Gasteiger partial charge in [0.25, 0.3) is 0 Å². The van der Waals surface area contributed by atoms with E-state index in [1.165, 1.54) is 0 Å². The Labute approximate surface area is 97.8 Å². The molecule has 0 bridgehead atoms. The highest BCUT2D eigenvalue weighted by molar-refractivity contribution is 9.10. The van der Waals surface area contributed by atoms with Crippen molar-refractivity contribution in [1.82, 2.24) is 15.1 Å². The van der Waals surface area contributed by atoms with E-state index in [1.54, 1.807) is 6.20 Å². The second-order valence-electron chi connectivity index (χ2n) is 3.84. The van der Waals surface area contributed by atoms with Gasteiger partial charge in [-0.25, -0.2) is 0 Å². The van der Waals surface area contributed by atoms with Gasteiger partial charge in [-0.15, -0.1) is 0 Å². The molecule has 0 radical (unpaired) electrons. The molecule has 1 fully saturated rings. The predicted molar refractivity (Wildman–Crippen MR) is 61.6 cm³/mol. The van der Waals surface area contributed by atoms with Crippen LogP contribution in [-0.4, -0.2) is 27.5 Å². The fourth-order valence-corrected chi connectivity index (χ4v) is 2.62. The molecule has 0 spiro atoms. The molecule has 15 heavy (non-hydrogen) atoms. The molecule has 1 aromatic rings. The Morgan fingerprint density at radius 2 is 2.60 bits per heavy atom. The molecular formula is C10H16BrN3O. The zero-order chi connectivity index (χ0) is 10.8. The number of rotatable bonds is 3. The van der Waals surface area contributed by atoms with Crippen molar-refractivity contribution in [3.63, 3.8) is 0 Å². The summed E-state index contributed by atoms with van der Waals surface area (Å²) in [5.74, 6) is 0. The van der Waals surface area contributed by atoms with E-state index in [0.717, 1.165) is 36.1 Å². The molecular weight excluding hydrogens is 258 g/mol. The minimum absolute atomic E-state index is 0.170. The van der Waals surface area contributed by atoms with Crippen LogP contribution in [0.3, 0.4) is 0 Å². The number of aliphatic hydroxyl groups is 1. The molecule has 84 valence electrons. The maximum Gasteiger partial charge on any atom is 0.112 e. The zero-order valence-corrected chi connectivity index (χ0v) is 10.4. The van der Waals surface area contributed by atoms with Crippen molar-refractivity contribution in [2.45, 2.75) is 38.5 Å². The third kappa shape index (κ3) is 2.09. The molecule has 1 aromatic heterocycles. The number of aliphatic hydroxyl groups excluding tert-OH is 1. The van der Waals surface area contributed by atoms with E-state index in [0.29, 0.717) is 0 Å². The molecule has 2 N–H and O–H groups in total. The normalized spacial score (nSPS) is 23.3. The minimum atomic E-state index is -0.468. The predicted octanol–water partition coefficient (Wildman–Crippen LogP) is 1.45. The summed E-state index contributed by atoms with van der Waals surface area (Å²) in [6.07, 6.45) is 3.45. The zero-order valence-electron chi connectivity index (χ0n) is 8.78. The van der Waals surface area contributed by atoms with E-state index >= 15 is 0 Å². The average molecular weight is 274 g/mol. The lowest BCUT2D eigenvalue weighted by atomic mass is 10.1. The first-order valence-corrected chi connectivity index (χ1v) is 6.16. The van der Waals surface area contributed by atoms with Crippen LogP contribution in [0.15, 0.2) is 10.7 Å². The summed E-state index contributed by atoms with van der Waals surface area (Å²) < 4.78 is 2.74. The van der Waals surface area contributed by atoms with Gasteiger partial charge in [0.15, 0.2) is 0 Å². The molecule has 4 nitrogen and oxygen atoms in total. The maximum absolute atomic E-state index is 10.2. The highest BCUT2D eigenvalue weighted by Crippen LogP contribution is 2.28. The van der Waals surface area contributed by atoms with Crippen molar-refractivity contribution in [3.05, 3.63) is 16.4 Å². The molecule has 1 aliphatic heterocycles. The molecule has 2 heterocycles. The van der Waals surface area contributed by atoms with Gasteiger partial charge in [-0.1, -0.05) is 0 Å². The number of nitrogens with zero attached hydrogens (tertiary/aromatic N) is 2. The van der Waals surface area contributed by atoms with Crippen LogP contribution in [-0.2, 0) is 6.54 Å². The van der Waals surface area contributed by atoms with Gasteiger partial charge in [0, 0.05) is 12.6 Å². The summed E-state index contributed by atoms with van der Waals surface area (Å²) in [6, 6.07) is 0.170. The van der Waals surface area contributed by atoms with E-state index in [9.17, 15) is 5.11 Å². The SMILES string of the molecule is CCn1ncc(Br)c1C(O)C1CCCN1. The highest BCUT2D eigenvalue weighted by atomic mass is 79.9. The summed E-state index contributed by atoms with van der Waals surface area (Å²) in [7, 11) is 0. The van der Waals surface area contributed by atoms with Gasteiger partial charge in [-0.2, -0.15) is 5.10 Å². The van der Waals surface area contributed by atoms with Gasteiger partial charge in [-0.05, 0) is 42.2 Å². The molecule has 0 saturated carbocycles. The summed E-state index contributed by atoms with van der Waals surface area (Å²) in [5, 5.41) is 17.8. The van der Waals surface area contributed by atoms with E-state index in [1.807, 2.05) is 11.6 Å². The lowest BCUT2D eigenvalue weighted by molar-refractivity contribution is 0.127. The van der Waals surface area contributed by atoms with Gasteiger partial charge >= 0.3 is 0 Å². The van der Waals surface area contributed by atoms with Crippen LogP contribution in [0.4, 0.5) is 0 Å². The molecule has 1 saturated heterocycles. The Morgan fingerprint density at radius 3 is 3.20 bits per heavy atom. The summed E-state index contributed by atoms with van der Waals surface area (Å²) >= 11 is 3.43. The second-order valence-corrected chi connectivity index (χ2v) is 4.70. The summed E-state index contributed by atoms with van der Waals surface area (Å²) in [4.78, 5) is 0. The Morgan fingerprint density at radius 1 is 1.80 bits per heavy atom. The maximum atomic E-state index is 10.2. The third-order valence-electron chi connectivity index (χ3n) is 2.89.